The number of aromatic nitrogens is 4. The van der Waals surface area contributed by atoms with Crippen LogP contribution >= 0.6 is 24.0 Å². The highest BCUT2D eigenvalue weighted by atomic mass is 35.5. The van der Waals surface area contributed by atoms with Crippen LogP contribution < -0.4 is 4.74 Å². The lowest BCUT2D eigenvalue weighted by Gasteiger charge is -2.07. The molecule has 3 aromatic rings. The van der Waals surface area contributed by atoms with Crippen molar-refractivity contribution in [3.05, 3.63) is 59.1 Å². The van der Waals surface area contributed by atoms with Crippen molar-refractivity contribution >= 4 is 24.0 Å². The molecule has 21 heavy (non-hydrogen) atoms. The number of rotatable bonds is 4. The third-order valence-corrected chi connectivity index (χ3v) is 3.18. The van der Waals surface area contributed by atoms with Crippen molar-refractivity contribution in [1.29, 1.82) is 0 Å². The summed E-state index contributed by atoms with van der Waals surface area (Å²) in [5.74, 6) is 1.32. The summed E-state index contributed by atoms with van der Waals surface area (Å²) in [4.78, 5) is 0. The number of tetrazole rings is 1. The zero-order chi connectivity index (χ0) is 13.8. The SMILES string of the molecule is Cl.Clc1ccccc1COc1ccc(-c2nn[nH]n2)cc1. The van der Waals surface area contributed by atoms with Crippen LogP contribution in [0.3, 0.4) is 0 Å². The molecule has 1 N–H and O–H groups in total. The summed E-state index contributed by atoms with van der Waals surface area (Å²) in [6.45, 7) is 0.432. The van der Waals surface area contributed by atoms with Crippen LogP contribution in [-0.4, -0.2) is 20.6 Å². The van der Waals surface area contributed by atoms with E-state index in [0.29, 0.717) is 17.5 Å². The van der Waals surface area contributed by atoms with Crippen molar-refractivity contribution in [2.45, 2.75) is 6.61 Å². The zero-order valence-electron chi connectivity index (χ0n) is 10.9. The Labute approximate surface area is 132 Å². The number of nitrogens with zero attached hydrogens (tertiary/aromatic N) is 3. The van der Waals surface area contributed by atoms with Crippen molar-refractivity contribution in [3.8, 4) is 17.1 Å². The quantitative estimate of drug-likeness (QED) is 0.798. The number of benzene rings is 2. The predicted molar refractivity (Wildman–Crippen MR) is 82.6 cm³/mol. The third-order valence-electron chi connectivity index (χ3n) is 2.81. The van der Waals surface area contributed by atoms with Gasteiger partial charge < -0.3 is 4.74 Å². The van der Waals surface area contributed by atoms with Crippen LogP contribution in [0, 0.1) is 0 Å². The molecule has 0 amide bonds. The normalized spacial score (nSPS) is 9.95. The average Bonchev–Trinajstić information content (AvgIpc) is 3.01. The minimum Gasteiger partial charge on any atom is -0.489 e. The molecular weight excluding hydrogens is 311 g/mol. The third kappa shape index (κ3) is 3.71. The highest BCUT2D eigenvalue weighted by Crippen LogP contribution is 2.21. The summed E-state index contributed by atoms with van der Waals surface area (Å²) >= 11 is 6.08. The Balaban J connectivity index is 0.00000161. The lowest BCUT2D eigenvalue weighted by molar-refractivity contribution is 0.306. The lowest BCUT2D eigenvalue weighted by atomic mass is 10.2. The maximum atomic E-state index is 6.08. The largest absolute Gasteiger partial charge is 0.489 e. The maximum Gasteiger partial charge on any atom is 0.204 e. The number of ether oxygens (including phenoxy) is 1. The molecule has 0 aliphatic carbocycles. The predicted octanol–water partition coefficient (Wildman–Crippen LogP) is 3.52. The maximum absolute atomic E-state index is 6.08. The van der Waals surface area contributed by atoms with Gasteiger partial charge in [0.15, 0.2) is 0 Å². The minimum absolute atomic E-state index is 0. The zero-order valence-corrected chi connectivity index (χ0v) is 12.4. The molecule has 5 nitrogen and oxygen atoms in total. The number of halogens is 2. The first-order valence-corrected chi connectivity index (χ1v) is 6.41. The van der Waals surface area contributed by atoms with Gasteiger partial charge in [-0.05, 0) is 35.5 Å². The van der Waals surface area contributed by atoms with Crippen LogP contribution in [0.4, 0.5) is 0 Å². The number of H-pyrrole nitrogens is 1. The topological polar surface area (TPSA) is 63.7 Å². The van der Waals surface area contributed by atoms with Gasteiger partial charge in [-0.25, -0.2) is 0 Å². The summed E-state index contributed by atoms with van der Waals surface area (Å²) in [5, 5.41) is 14.5. The summed E-state index contributed by atoms with van der Waals surface area (Å²) in [7, 11) is 0. The standard InChI is InChI=1S/C14H11ClN4O.ClH/c15-13-4-2-1-3-11(13)9-20-12-7-5-10(6-8-12)14-16-18-19-17-14;/h1-8H,9H2,(H,16,17,18,19);1H. The van der Waals surface area contributed by atoms with E-state index in [-0.39, 0.29) is 12.4 Å². The van der Waals surface area contributed by atoms with Gasteiger partial charge in [0.2, 0.25) is 5.82 Å². The van der Waals surface area contributed by atoms with Crippen LogP contribution in [0.15, 0.2) is 48.5 Å². The van der Waals surface area contributed by atoms with E-state index in [1.165, 1.54) is 0 Å². The highest BCUT2D eigenvalue weighted by molar-refractivity contribution is 6.31. The molecule has 3 rings (SSSR count). The van der Waals surface area contributed by atoms with Gasteiger partial charge in [-0.3, -0.25) is 0 Å². The number of nitrogens with one attached hydrogen (secondary N) is 1. The van der Waals surface area contributed by atoms with Crippen molar-refractivity contribution in [3.63, 3.8) is 0 Å². The van der Waals surface area contributed by atoms with Crippen molar-refractivity contribution in [2.75, 3.05) is 0 Å². The molecule has 0 fully saturated rings. The van der Waals surface area contributed by atoms with E-state index >= 15 is 0 Å². The van der Waals surface area contributed by atoms with Crippen LogP contribution in [0.2, 0.25) is 5.02 Å². The molecule has 0 atom stereocenters. The number of aromatic amines is 1. The molecule has 0 saturated carbocycles. The molecule has 0 spiro atoms. The molecule has 108 valence electrons. The van der Waals surface area contributed by atoms with Gasteiger partial charge in [0.1, 0.15) is 12.4 Å². The second-order valence-electron chi connectivity index (χ2n) is 4.14. The fourth-order valence-electron chi connectivity index (χ4n) is 1.76. The molecule has 0 unspecified atom stereocenters. The first-order valence-electron chi connectivity index (χ1n) is 6.03. The molecule has 2 aromatic carbocycles. The minimum atomic E-state index is 0. The fourth-order valence-corrected chi connectivity index (χ4v) is 1.95. The van der Waals surface area contributed by atoms with Crippen LogP contribution in [0.25, 0.3) is 11.4 Å². The van der Waals surface area contributed by atoms with Gasteiger partial charge in [0.25, 0.3) is 0 Å². The molecule has 0 radical (unpaired) electrons. The van der Waals surface area contributed by atoms with Crippen molar-refractivity contribution < 1.29 is 4.74 Å². The Kier molecular flexibility index (Phi) is 5.14. The fraction of sp³-hybridized carbons (Fsp3) is 0.0714. The Morgan fingerprint density at radius 1 is 1.05 bits per heavy atom. The second kappa shape index (κ2) is 7.06. The van der Waals surface area contributed by atoms with Gasteiger partial charge in [-0.2, -0.15) is 5.21 Å². The summed E-state index contributed by atoms with van der Waals surface area (Å²) in [5.41, 5.74) is 1.83. The summed E-state index contributed by atoms with van der Waals surface area (Å²) in [6, 6.07) is 15.1. The smallest absolute Gasteiger partial charge is 0.204 e. The molecule has 1 aromatic heterocycles. The lowest BCUT2D eigenvalue weighted by Crippen LogP contribution is -1.96. The average molecular weight is 323 g/mol. The first kappa shape index (κ1) is 15.3. The van der Waals surface area contributed by atoms with Crippen LogP contribution in [0.5, 0.6) is 5.75 Å². The van der Waals surface area contributed by atoms with Crippen LogP contribution in [-0.2, 0) is 6.61 Å². The Morgan fingerprint density at radius 3 is 2.48 bits per heavy atom. The number of hydrogen-bond acceptors (Lipinski definition) is 4. The monoisotopic (exact) mass is 322 g/mol. The molecular formula is C14H12Cl2N4O. The van der Waals surface area contributed by atoms with Gasteiger partial charge >= 0.3 is 0 Å². The van der Waals surface area contributed by atoms with Gasteiger partial charge in [-0.1, -0.05) is 29.8 Å². The summed E-state index contributed by atoms with van der Waals surface area (Å²) < 4.78 is 5.70. The Morgan fingerprint density at radius 2 is 1.81 bits per heavy atom. The van der Waals surface area contributed by atoms with E-state index in [4.69, 9.17) is 16.3 Å². The van der Waals surface area contributed by atoms with E-state index in [1.807, 2.05) is 48.5 Å². The van der Waals surface area contributed by atoms with E-state index < -0.39 is 0 Å². The van der Waals surface area contributed by atoms with E-state index in [2.05, 4.69) is 20.6 Å². The van der Waals surface area contributed by atoms with E-state index in [1.54, 1.807) is 0 Å². The number of hydrogen-bond donors (Lipinski definition) is 1. The highest BCUT2D eigenvalue weighted by Gasteiger charge is 2.04. The molecule has 0 aliphatic heterocycles. The van der Waals surface area contributed by atoms with E-state index in [0.717, 1.165) is 16.9 Å². The van der Waals surface area contributed by atoms with Gasteiger partial charge in [0, 0.05) is 16.1 Å². The van der Waals surface area contributed by atoms with Crippen molar-refractivity contribution in [1.82, 2.24) is 20.6 Å². The summed E-state index contributed by atoms with van der Waals surface area (Å²) in [6.07, 6.45) is 0. The second-order valence-corrected chi connectivity index (χ2v) is 4.55. The van der Waals surface area contributed by atoms with Gasteiger partial charge in [-0.15, -0.1) is 22.6 Å². The molecule has 7 heteroatoms. The van der Waals surface area contributed by atoms with E-state index in [9.17, 15) is 0 Å². The van der Waals surface area contributed by atoms with Crippen molar-refractivity contribution in [2.24, 2.45) is 0 Å². The molecule has 0 bridgehead atoms. The first-order chi connectivity index (χ1) is 9.83. The molecule has 0 aliphatic rings. The van der Waals surface area contributed by atoms with Crippen LogP contribution in [0.1, 0.15) is 5.56 Å². The molecule has 0 saturated heterocycles. The Bertz CT molecular complexity index is 686. The Hall–Kier alpha value is -2.11. The molecule has 1 heterocycles. The van der Waals surface area contributed by atoms with Gasteiger partial charge in [0.05, 0.1) is 0 Å².